The molecule has 0 saturated heterocycles. The van der Waals surface area contributed by atoms with Gasteiger partial charge in [-0.2, -0.15) is 0 Å². The van der Waals surface area contributed by atoms with Crippen LogP contribution >= 0.6 is 23.2 Å². The summed E-state index contributed by atoms with van der Waals surface area (Å²) in [6, 6.07) is 18.4. The number of benzene rings is 2. The third-order valence-electron chi connectivity index (χ3n) is 3.96. The zero-order valence-corrected chi connectivity index (χ0v) is 15.4. The van der Waals surface area contributed by atoms with E-state index in [9.17, 15) is 4.79 Å². The SMILES string of the molecule is NC(=NCc1ccccc1)c1cccn(Cc2c(Cl)cccc2Cl)c1=O. The molecule has 6 heteroatoms. The molecule has 0 unspecified atom stereocenters. The molecule has 0 bridgehead atoms. The minimum atomic E-state index is -0.238. The number of aromatic nitrogens is 1. The van der Waals surface area contributed by atoms with Crippen LogP contribution in [0.15, 0.2) is 76.6 Å². The lowest BCUT2D eigenvalue weighted by Crippen LogP contribution is -2.30. The molecule has 1 aromatic heterocycles. The van der Waals surface area contributed by atoms with Crippen molar-refractivity contribution in [2.45, 2.75) is 13.1 Å². The molecule has 132 valence electrons. The maximum atomic E-state index is 12.8. The number of aliphatic imine (C=N–C) groups is 1. The molecule has 0 atom stereocenters. The first-order chi connectivity index (χ1) is 12.6. The van der Waals surface area contributed by atoms with Crippen LogP contribution in [0.3, 0.4) is 0 Å². The predicted octanol–water partition coefficient (Wildman–Crippen LogP) is 4.11. The van der Waals surface area contributed by atoms with Gasteiger partial charge in [-0.05, 0) is 29.8 Å². The average Bonchev–Trinajstić information content (AvgIpc) is 2.65. The van der Waals surface area contributed by atoms with Crippen LogP contribution in [-0.4, -0.2) is 10.4 Å². The largest absolute Gasteiger partial charge is 0.383 e. The molecule has 0 fully saturated rings. The Morgan fingerprint density at radius 2 is 1.65 bits per heavy atom. The van der Waals surface area contributed by atoms with Crippen LogP contribution in [0.25, 0.3) is 0 Å². The Morgan fingerprint density at radius 3 is 2.35 bits per heavy atom. The van der Waals surface area contributed by atoms with Crippen LogP contribution in [0.5, 0.6) is 0 Å². The molecule has 0 saturated carbocycles. The third-order valence-corrected chi connectivity index (χ3v) is 4.67. The van der Waals surface area contributed by atoms with Crippen molar-refractivity contribution < 1.29 is 0 Å². The molecular formula is C20H17Cl2N3O. The summed E-state index contributed by atoms with van der Waals surface area (Å²) in [4.78, 5) is 17.1. The van der Waals surface area contributed by atoms with E-state index < -0.39 is 0 Å². The van der Waals surface area contributed by atoms with Gasteiger partial charge in [-0.25, -0.2) is 0 Å². The summed E-state index contributed by atoms with van der Waals surface area (Å²) in [6.45, 7) is 0.675. The Hall–Kier alpha value is -2.56. The topological polar surface area (TPSA) is 60.4 Å². The fraction of sp³-hybridized carbons (Fsp3) is 0.100. The molecule has 0 radical (unpaired) electrons. The molecule has 26 heavy (non-hydrogen) atoms. The average molecular weight is 386 g/mol. The highest BCUT2D eigenvalue weighted by Crippen LogP contribution is 2.24. The second-order valence-electron chi connectivity index (χ2n) is 5.74. The maximum absolute atomic E-state index is 12.8. The molecule has 3 rings (SSSR count). The quantitative estimate of drug-likeness (QED) is 0.530. The zero-order chi connectivity index (χ0) is 18.5. The van der Waals surface area contributed by atoms with Crippen molar-refractivity contribution in [2.24, 2.45) is 10.7 Å². The molecule has 0 aliphatic carbocycles. The van der Waals surface area contributed by atoms with Crippen molar-refractivity contribution in [2.75, 3.05) is 0 Å². The van der Waals surface area contributed by atoms with Crippen LogP contribution in [0, 0.1) is 0 Å². The summed E-state index contributed by atoms with van der Waals surface area (Å²) in [5, 5.41) is 1.03. The van der Waals surface area contributed by atoms with Crippen molar-refractivity contribution in [1.82, 2.24) is 4.57 Å². The van der Waals surface area contributed by atoms with Gasteiger partial charge >= 0.3 is 0 Å². The highest BCUT2D eigenvalue weighted by molar-refractivity contribution is 6.35. The van der Waals surface area contributed by atoms with Gasteiger partial charge in [0.15, 0.2) is 0 Å². The van der Waals surface area contributed by atoms with Gasteiger partial charge in [0.25, 0.3) is 5.56 Å². The summed E-state index contributed by atoms with van der Waals surface area (Å²) in [5.41, 5.74) is 7.88. The second-order valence-corrected chi connectivity index (χ2v) is 6.56. The first kappa shape index (κ1) is 18.2. The smallest absolute Gasteiger partial charge is 0.261 e. The number of halogens is 2. The molecule has 0 spiro atoms. The van der Waals surface area contributed by atoms with Gasteiger partial charge in [0.1, 0.15) is 5.84 Å². The van der Waals surface area contributed by atoms with Crippen molar-refractivity contribution in [3.63, 3.8) is 0 Å². The van der Waals surface area contributed by atoms with Crippen LogP contribution < -0.4 is 11.3 Å². The number of pyridine rings is 1. The molecular weight excluding hydrogens is 369 g/mol. The fourth-order valence-electron chi connectivity index (χ4n) is 2.56. The Labute approximate surface area is 161 Å². The second kappa shape index (κ2) is 8.21. The lowest BCUT2D eigenvalue weighted by molar-refractivity contribution is 0.757. The number of nitrogens with zero attached hydrogens (tertiary/aromatic N) is 2. The van der Waals surface area contributed by atoms with Crippen LogP contribution in [0.2, 0.25) is 10.0 Å². The Morgan fingerprint density at radius 1 is 0.962 bits per heavy atom. The number of amidine groups is 1. The number of hydrogen-bond acceptors (Lipinski definition) is 2. The van der Waals surface area contributed by atoms with Crippen molar-refractivity contribution >= 4 is 29.0 Å². The zero-order valence-electron chi connectivity index (χ0n) is 13.9. The predicted molar refractivity (Wildman–Crippen MR) is 107 cm³/mol. The van der Waals surface area contributed by atoms with E-state index in [1.807, 2.05) is 30.3 Å². The highest BCUT2D eigenvalue weighted by Gasteiger charge is 2.11. The van der Waals surface area contributed by atoms with Gasteiger partial charge in [-0.1, -0.05) is 59.6 Å². The molecule has 1 heterocycles. The van der Waals surface area contributed by atoms with Crippen LogP contribution in [0.4, 0.5) is 0 Å². The maximum Gasteiger partial charge on any atom is 0.261 e. The van der Waals surface area contributed by atoms with E-state index in [2.05, 4.69) is 4.99 Å². The summed E-state index contributed by atoms with van der Waals surface area (Å²) in [7, 11) is 0. The van der Waals surface area contributed by atoms with E-state index in [0.29, 0.717) is 27.7 Å². The van der Waals surface area contributed by atoms with Crippen LogP contribution in [-0.2, 0) is 13.1 Å². The molecule has 0 amide bonds. The van der Waals surface area contributed by atoms with E-state index in [1.165, 1.54) is 4.57 Å². The Kier molecular flexibility index (Phi) is 5.76. The monoisotopic (exact) mass is 385 g/mol. The third kappa shape index (κ3) is 4.15. The van der Waals surface area contributed by atoms with E-state index in [1.54, 1.807) is 36.5 Å². The van der Waals surface area contributed by atoms with E-state index >= 15 is 0 Å². The molecule has 2 N–H and O–H groups in total. The van der Waals surface area contributed by atoms with Gasteiger partial charge < -0.3 is 10.3 Å². The van der Waals surface area contributed by atoms with Crippen molar-refractivity contribution in [1.29, 1.82) is 0 Å². The van der Waals surface area contributed by atoms with Gasteiger partial charge in [-0.3, -0.25) is 9.79 Å². The van der Waals surface area contributed by atoms with E-state index in [-0.39, 0.29) is 17.9 Å². The van der Waals surface area contributed by atoms with E-state index in [0.717, 1.165) is 5.56 Å². The normalized spacial score (nSPS) is 11.5. The van der Waals surface area contributed by atoms with Gasteiger partial charge in [0.2, 0.25) is 0 Å². The lowest BCUT2D eigenvalue weighted by Gasteiger charge is -2.11. The van der Waals surface area contributed by atoms with E-state index in [4.69, 9.17) is 28.9 Å². The molecule has 3 aromatic rings. The highest BCUT2D eigenvalue weighted by atomic mass is 35.5. The standard InChI is InChI=1S/C20H17Cl2N3O/c21-17-9-4-10-18(22)16(17)13-25-11-5-8-15(20(25)26)19(23)24-12-14-6-2-1-3-7-14/h1-11H,12-13H2,(H2,23,24). The first-order valence-corrected chi connectivity index (χ1v) is 8.78. The minimum absolute atomic E-state index is 0.207. The molecule has 0 aliphatic heterocycles. The summed E-state index contributed by atoms with van der Waals surface area (Å²) in [5.74, 6) is 0.207. The summed E-state index contributed by atoms with van der Waals surface area (Å²) in [6.07, 6.45) is 1.68. The lowest BCUT2D eigenvalue weighted by atomic mass is 10.2. The Bertz CT molecular complexity index is 977. The summed E-state index contributed by atoms with van der Waals surface area (Å²) < 4.78 is 1.52. The van der Waals surface area contributed by atoms with Crippen molar-refractivity contribution in [3.8, 4) is 0 Å². The van der Waals surface area contributed by atoms with Crippen molar-refractivity contribution in [3.05, 3.63) is 104 Å². The summed E-state index contributed by atoms with van der Waals surface area (Å²) >= 11 is 12.4. The Balaban J connectivity index is 1.88. The minimum Gasteiger partial charge on any atom is -0.383 e. The molecule has 4 nitrogen and oxygen atoms in total. The molecule has 0 aliphatic rings. The number of hydrogen-bond donors (Lipinski definition) is 1. The fourth-order valence-corrected chi connectivity index (χ4v) is 3.07. The van der Waals surface area contributed by atoms with Crippen LogP contribution in [0.1, 0.15) is 16.7 Å². The molecule has 2 aromatic carbocycles. The van der Waals surface area contributed by atoms with Gasteiger partial charge in [0, 0.05) is 21.8 Å². The first-order valence-electron chi connectivity index (χ1n) is 8.03. The number of nitrogens with two attached hydrogens (primary N) is 1. The van der Waals surface area contributed by atoms with Gasteiger partial charge in [0.05, 0.1) is 18.7 Å². The van der Waals surface area contributed by atoms with Gasteiger partial charge in [-0.15, -0.1) is 0 Å². The number of rotatable bonds is 5.